The molecule has 2 fully saturated rings. The summed E-state index contributed by atoms with van der Waals surface area (Å²) in [5.41, 5.74) is 0. The largest absolute Gasteiger partial charge is 0.480 e. The fourth-order valence-corrected chi connectivity index (χ4v) is 2.27. The number of hydrogen-bond donors (Lipinski definition) is 3. The van der Waals surface area contributed by atoms with Crippen molar-refractivity contribution < 1.29 is 19.5 Å². The number of carboxylic acid groups (broad SMARTS) is 1. The summed E-state index contributed by atoms with van der Waals surface area (Å²) in [5.74, 6) is -0.898. The molecule has 2 aliphatic heterocycles. The molecule has 2 aliphatic rings. The molecule has 2 saturated heterocycles. The highest BCUT2D eigenvalue weighted by atomic mass is 16.4. The van der Waals surface area contributed by atoms with Gasteiger partial charge in [0.1, 0.15) is 0 Å². The van der Waals surface area contributed by atoms with Crippen molar-refractivity contribution in [2.45, 2.75) is 12.5 Å². The molecule has 0 aromatic heterocycles. The van der Waals surface area contributed by atoms with Gasteiger partial charge in [0.15, 0.2) is 0 Å². The van der Waals surface area contributed by atoms with E-state index in [1.807, 2.05) is 0 Å². The Bertz CT molecular complexity index is 379. The standard InChI is InChI=1S/C11H18N4O4/c16-9-5-8(6-12-9)13-11(19)15-3-1-14(2-4-15)7-10(17)18/h8H,1-7H2,(H,12,16)(H,13,19)(H,17,18). The minimum absolute atomic E-state index is 0.0104. The average Bonchev–Trinajstić information content (AvgIpc) is 2.75. The van der Waals surface area contributed by atoms with Crippen LogP contribution in [0.4, 0.5) is 4.79 Å². The van der Waals surface area contributed by atoms with Crippen molar-refractivity contribution in [2.75, 3.05) is 39.3 Å². The minimum atomic E-state index is -0.853. The summed E-state index contributed by atoms with van der Waals surface area (Å²) in [6.45, 7) is 2.61. The average molecular weight is 270 g/mol. The van der Waals surface area contributed by atoms with Gasteiger partial charge in [-0.15, -0.1) is 0 Å². The number of carbonyl (C=O) groups excluding carboxylic acids is 2. The summed E-state index contributed by atoms with van der Waals surface area (Å²) in [6.07, 6.45) is 0.324. The van der Waals surface area contributed by atoms with Gasteiger partial charge in [-0.1, -0.05) is 0 Å². The van der Waals surface area contributed by atoms with Gasteiger partial charge in [0.05, 0.1) is 12.6 Å². The van der Waals surface area contributed by atoms with Crippen molar-refractivity contribution in [1.29, 1.82) is 0 Å². The molecule has 0 saturated carbocycles. The SMILES string of the molecule is O=C(O)CN1CCN(C(=O)NC2CNC(=O)C2)CC1. The van der Waals surface area contributed by atoms with Crippen molar-refractivity contribution >= 4 is 17.9 Å². The molecule has 3 N–H and O–H groups in total. The predicted molar refractivity (Wildman–Crippen MR) is 65.6 cm³/mol. The summed E-state index contributed by atoms with van der Waals surface area (Å²) >= 11 is 0. The second-order valence-corrected chi connectivity index (χ2v) is 4.81. The number of carboxylic acids is 1. The Morgan fingerprint density at radius 1 is 1.32 bits per heavy atom. The van der Waals surface area contributed by atoms with Crippen LogP contribution in [0.15, 0.2) is 0 Å². The number of carbonyl (C=O) groups is 3. The third-order valence-corrected chi connectivity index (χ3v) is 3.32. The molecule has 106 valence electrons. The van der Waals surface area contributed by atoms with Crippen molar-refractivity contribution in [2.24, 2.45) is 0 Å². The number of hydrogen-bond acceptors (Lipinski definition) is 4. The van der Waals surface area contributed by atoms with Crippen LogP contribution < -0.4 is 10.6 Å². The Balaban J connectivity index is 1.73. The fourth-order valence-electron chi connectivity index (χ4n) is 2.27. The second-order valence-electron chi connectivity index (χ2n) is 4.81. The molecule has 2 heterocycles. The molecule has 0 radical (unpaired) electrons. The molecule has 1 unspecified atom stereocenters. The smallest absolute Gasteiger partial charge is 0.317 e. The van der Waals surface area contributed by atoms with Gasteiger partial charge in [-0.3, -0.25) is 14.5 Å². The maximum absolute atomic E-state index is 11.9. The van der Waals surface area contributed by atoms with E-state index in [1.165, 1.54) is 0 Å². The molecule has 8 nitrogen and oxygen atoms in total. The first kappa shape index (κ1) is 13.6. The van der Waals surface area contributed by atoms with Crippen LogP contribution in [-0.2, 0) is 9.59 Å². The van der Waals surface area contributed by atoms with E-state index in [2.05, 4.69) is 10.6 Å². The zero-order valence-electron chi connectivity index (χ0n) is 10.6. The van der Waals surface area contributed by atoms with E-state index in [0.717, 1.165) is 0 Å². The second kappa shape index (κ2) is 5.87. The van der Waals surface area contributed by atoms with Gasteiger partial charge in [0.2, 0.25) is 5.91 Å². The molecular formula is C11H18N4O4. The van der Waals surface area contributed by atoms with E-state index in [9.17, 15) is 14.4 Å². The lowest BCUT2D eigenvalue weighted by Gasteiger charge is -2.34. The molecule has 0 aliphatic carbocycles. The molecule has 0 aromatic rings. The Morgan fingerprint density at radius 3 is 2.53 bits per heavy atom. The van der Waals surface area contributed by atoms with Gasteiger partial charge in [-0.05, 0) is 0 Å². The number of urea groups is 1. The summed E-state index contributed by atoms with van der Waals surface area (Å²) in [6, 6.07) is -0.325. The van der Waals surface area contributed by atoms with E-state index in [-0.39, 0.29) is 24.5 Å². The third kappa shape index (κ3) is 3.82. The summed E-state index contributed by atoms with van der Waals surface area (Å²) in [5, 5.41) is 14.1. The first-order chi connectivity index (χ1) is 9.04. The van der Waals surface area contributed by atoms with E-state index < -0.39 is 5.97 Å². The zero-order chi connectivity index (χ0) is 13.8. The summed E-state index contributed by atoms with van der Waals surface area (Å²) in [4.78, 5) is 37.0. The summed E-state index contributed by atoms with van der Waals surface area (Å²) < 4.78 is 0. The number of amides is 3. The van der Waals surface area contributed by atoms with Crippen molar-refractivity contribution in [3.8, 4) is 0 Å². The van der Waals surface area contributed by atoms with Crippen LogP contribution in [0.25, 0.3) is 0 Å². The van der Waals surface area contributed by atoms with Gasteiger partial charge in [-0.2, -0.15) is 0 Å². The topological polar surface area (TPSA) is 102 Å². The lowest BCUT2D eigenvalue weighted by atomic mass is 10.2. The Labute approximate surface area is 110 Å². The molecule has 19 heavy (non-hydrogen) atoms. The predicted octanol–water partition coefficient (Wildman–Crippen LogP) is -1.71. The van der Waals surface area contributed by atoms with Gasteiger partial charge < -0.3 is 20.6 Å². The van der Waals surface area contributed by atoms with Crippen LogP contribution >= 0.6 is 0 Å². The van der Waals surface area contributed by atoms with Crippen LogP contribution in [0.1, 0.15) is 6.42 Å². The molecular weight excluding hydrogens is 252 g/mol. The van der Waals surface area contributed by atoms with E-state index in [1.54, 1.807) is 9.80 Å². The van der Waals surface area contributed by atoms with Gasteiger partial charge >= 0.3 is 12.0 Å². The first-order valence-corrected chi connectivity index (χ1v) is 6.31. The number of rotatable bonds is 3. The first-order valence-electron chi connectivity index (χ1n) is 6.31. The van der Waals surface area contributed by atoms with Crippen molar-refractivity contribution in [1.82, 2.24) is 20.4 Å². The zero-order valence-corrected chi connectivity index (χ0v) is 10.6. The third-order valence-electron chi connectivity index (χ3n) is 3.32. The van der Waals surface area contributed by atoms with Crippen molar-refractivity contribution in [3.63, 3.8) is 0 Å². The number of nitrogens with zero attached hydrogens (tertiary/aromatic N) is 2. The van der Waals surface area contributed by atoms with Crippen LogP contribution in [0.5, 0.6) is 0 Å². The quantitative estimate of drug-likeness (QED) is 0.566. The maximum Gasteiger partial charge on any atom is 0.317 e. The molecule has 1 atom stereocenters. The van der Waals surface area contributed by atoms with E-state index >= 15 is 0 Å². The van der Waals surface area contributed by atoms with Crippen molar-refractivity contribution in [3.05, 3.63) is 0 Å². The fraction of sp³-hybridized carbons (Fsp3) is 0.727. The highest BCUT2D eigenvalue weighted by Gasteiger charge is 2.27. The van der Waals surface area contributed by atoms with Gasteiger partial charge in [0.25, 0.3) is 0 Å². The molecule has 0 aromatic carbocycles. The summed E-state index contributed by atoms with van der Waals surface area (Å²) in [7, 11) is 0. The lowest BCUT2D eigenvalue weighted by molar-refractivity contribution is -0.138. The Morgan fingerprint density at radius 2 is 2.00 bits per heavy atom. The van der Waals surface area contributed by atoms with Gasteiger partial charge in [0, 0.05) is 39.1 Å². The molecule has 8 heteroatoms. The Kier molecular flexibility index (Phi) is 4.20. The minimum Gasteiger partial charge on any atom is -0.480 e. The molecule has 0 bridgehead atoms. The maximum atomic E-state index is 11.9. The number of nitrogens with one attached hydrogen (secondary N) is 2. The number of piperazine rings is 1. The van der Waals surface area contributed by atoms with Crippen LogP contribution in [0.2, 0.25) is 0 Å². The molecule has 2 rings (SSSR count). The highest BCUT2D eigenvalue weighted by Crippen LogP contribution is 2.04. The van der Waals surface area contributed by atoms with Gasteiger partial charge in [-0.25, -0.2) is 4.79 Å². The number of aliphatic carboxylic acids is 1. The Hall–Kier alpha value is -1.83. The van der Waals surface area contributed by atoms with Crippen LogP contribution in [-0.4, -0.2) is 78.1 Å². The van der Waals surface area contributed by atoms with E-state index in [0.29, 0.717) is 39.1 Å². The van der Waals surface area contributed by atoms with Crippen LogP contribution in [0, 0.1) is 0 Å². The highest BCUT2D eigenvalue weighted by molar-refractivity contribution is 5.81. The monoisotopic (exact) mass is 270 g/mol. The molecule has 3 amide bonds. The lowest BCUT2D eigenvalue weighted by Crippen LogP contribution is -2.54. The van der Waals surface area contributed by atoms with Crippen LogP contribution in [0.3, 0.4) is 0 Å². The molecule has 0 spiro atoms. The van der Waals surface area contributed by atoms with E-state index in [4.69, 9.17) is 5.11 Å². The normalized spacial score (nSPS) is 24.1.